The predicted octanol–water partition coefficient (Wildman–Crippen LogP) is 3.28. The standard InChI is InChI=1S/C25H33N3O4/c1-3-4-9-28-10-7-19-13-18(14-21(24(19)28)25(26)29)12-17(2)27-8-11-30-20-5-6-22-23(15-20)32-16-31-22/h5-6,13-15,17,27H,3-4,7-12,16H2,1-2H3,(H2,26,29)/t17-/m1/s1. The number of nitrogens with two attached hydrogens (primary N) is 1. The number of anilines is 1. The first-order valence-electron chi connectivity index (χ1n) is 11.5. The number of rotatable bonds is 11. The van der Waals surface area contributed by atoms with Gasteiger partial charge < -0.3 is 30.2 Å². The van der Waals surface area contributed by atoms with E-state index >= 15 is 0 Å². The van der Waals surface area contributed by atoms with Crippen LogP contribution < -0.4 is 30.2 Å². The van der Waals surface area contributed by atoms with Crippen LogP contribution in [0.2, 0.25) is 0 Å². The molecule has 0 fully saturated rings. The lowest BCUT2D eigenvalue weighted by atomic mass is 9.98. The minimum absolute atomic E-state index is 0.242. The van der Waals surface area contributed by atoms with Crippen LogP contribution in [0.3, 0.4) is 0 Å². The van der Waals surface area contributed by atoms with Gasteiger partial charge in [0.15, 0.2) is 11.5 Å². The van der Waals surface area contributed by atoms with Crippen molar-refractivity contribution < 1.29 is 19.0 Å². The lowest BCUT2D eigenvalue weighted by Crippen LogP contribution is -2.32. The molecule has 0 spiro atoms. The normalized spacial score (nSPS) is 15.0. The van der Waals surface area contributed by atoms with Crippen molar-refractivity contribution in [2.75, 3.05) is 37.9 Å². The number of hydrogen-bond acceptors (Lipinski definition) is 6. The molecule has 0 unspecified atom stereocenters. The molecule has 0 radical (unpaired) electrons. The van der Waals surface area contributed by atoms with Crippen molar-refractivity contribution in [3.8, 4) is 17.2 Å². The van der Waals surface area contributed by atoms with Crippen molar-refractivity contribution in [2.24, 2.45) is 5.73 Å². The van der Waals surface area contributed by atoms with Crippen molar-refractivity contribution >= 4 is 11.6 Å². The van der Waals surface area contributed by atoms with Crippen LogP contribution in [0.1, 0.15) is 48.2 Å². The summed E-state index contributed by atoms with van der Waals surface area (Å²) in [7, 11) is 0. The molecule has 2 aliphatic heterocycles. The summed E-state index contributed by atoms with van der Waals surface area (Å²) in [4.78, 5) is 14.5. The van der Waals surface area contributed by atoms with Gasteiger partial charge in [0.05, 0.1) is 11.3 Å². The molecule has 0 aliphatic carbocycles. The highest BCUT2D eigenvalue weighted by Gasteiger charge is 2.25. The first-order chi connectivity index (χ1) is 15.5. The molecule has 172 valence electrons. The Morgan fingerprint density at radius 1 is 1.25 bits per heavy atom. The van der Waals surface area contributed by atoms with Crippen LogP contribution in [-0.2, 0) is 12.8 Å². The third kappa shape index (κ3) is 5.10. The van der Waals surface area contributed by atoms with Gasteiger partial charge in [0.1, 0.15) is 12.4 Å². The number of ether oxygens (including phenoxy) is 3. The Hall–Kier alpha value is -2.93. The average Bonchev–Trinajstić information content (AvgIpc) is 3.41. The summed E-state index contributed by atoms with van der Waals surface area (Å²) >= 11 is 0. The highest BCUT2D eigenvalue weighted by molar-refractivity contribution is 6.00. The molecule has 0 saturated carbocycles. The van der Waals surface area contributed by atoms with E-state index in [4.69, 9.17) is 19.9 Å². The molecule has 1 atom stereocenters. The Morgan fingerprint density at radius 3 is 2.91 bits per heavy atom. The Balaban J connectivity index is 1.30. The van der Waals surface area contributed by atoms with Crippen LogP contribution in [0.4, 0.5) is 5.69 Å². The molecule has 7 nitrogen and oxygen atoms in total. The van der Waals surface area contributed by atoms with E-state index in [-0.39, 0.29) is 18.7 Å². The number of nitrogens with one attached hydrogen (secondary N) is 1. The van der Waals surface area contributed by atoms with Gasteiger partial charge >= 0.3 is 0 Å². The van der Waals surface area contributed by atoms with Crippen LogP contribution in [0, 0.1) is 0 Å². The van der Waals surface area contributed by atoms with Crippen LogP contribution in [0.15, 0.2) is 30.3 Å². The van der Waals surface area contributed by atoms with E-state index in [1.54, 1.807) is 0 Å². The molecule has 32 heavy (non-hydrogen) atoms. The van der Waals surface area contributed by atoms with Crippen molar-refractivity contribution in [3.63, 3.8) is 0 Å². The van der Waals surface area contributed by atoms with Gasteiger partial charge in [-0.2, -0.15) is 0 Å². The first kappa shape index (κ1) is 22.3. The molecule has 0 bridgehead atoms. The largest absolute Gasteiger partial charge is 0.492 e. The smallest absolute Gasteiger partial charge is 0.250 e. The average molecular weight is 440 g/mol. The van der Waals surface area contributed by atoms with Crippen LogP contribution >= 0.6 is 0 Å². The molecular formula is C25H33N3O4. The summed E-state index contributed by atoms with van der Waals surface area (Å²) in [5, 5.41) is 3.50. The van der Waals surface area contributed by atoms with Gasteiger partial charge in [0.2, 0.25) is 6.79 Å². The number of nitrogens with zero attached hydrogens (tertiary/aromatic N) is 1. The Kier molecular flexibility index (Phi) is 7.05. The van der Waals surface area contributed by atoms with Gasteiger partial charge in [-0.1, -0.05) is 19.4 Å². The van der Waals surface area contributed by atoms with Crippen LogP contribution in [0.25, 0.3) is 0 Å². The third-order valence-electron chi connectivity index (χ3n) is 6.01. The fraction of sp³-hybridized carbons (Fsp3) is 0.480. The van der Waals surface area contributed by atoms with E-state index in [0.29, 0.717) is 18.7 Å². The van der Waals surface area contributed by atoms with Crippen molar-refractivity contribution in [1.82, 2.24) is 5.32 Å². The Morgan fingerprint density at radius 2 is 2.09 bits per heavy atom. The second kappa shape index (κ2) is 10.1. The summed E-state index contributed by atoms with van der Waals surface area (Å²) in [5.74, 6) is 1.89. The second-order valence-corrected chi connectivity index (χ2v) is 8.53. The van der Waals surface area contributed by atoms with E-state index in [2.05, 4.69) is 30.1 Å². The third-order valence-corrected chi connectivity index (χ3v) is 6.01. The molecule has 3 N–H and O–H groups in total. The molecule has 4 rings (SSSR count). The Labute approximate surface area is 189 Å². The maximum Gasteiger partial charge on any atom is 0.250 e. The van der Waals surface area contributed by atoms with E-state index in [9.17, 15) is 4.79 Å². The van der Waals surface area contributed by atoms with Crippen LogP contribution in [0.5, 0.6) is 17.2 Å². The zero-order valence-electron chi connectivity index (χ0n) is 19.0. The molecule has 2 heterocycles. The van der Waals surface area contributed by atoms with E-state index < -0.39 is 0 Å². The van der Waals surface area contributed by atoms with Crippen molar-refractivity contribution in [2.45, 2.75) is 45.6 Å². The van der Waals surface area contributed by atoms with E-state index in [1.165, 1.54) is 5.56 Å². The molecule has 7 heteroatoms. The maximum atomic E-state index is 12.2. The van der Waals surface area contributed by atoms with Crippen molar-refractivity contribution in [1.29, 1.82) is 0 Å². The monoisotopic (exact) mass is 439 g/mol. The topological polar surface area (TPSA) is 86.1 Å². The van der Waals surface area contributed by atoms with Gasteiger partial charge in [-0.3, -0.25) is 4.79 Å². The second-order valence-electron chi connectivity index (χ2n) is 8.53. The quantitative estimate of drug-likeness (QED) is 0.523. The maximum absolute atomic E-state index is 12.2. The zero-order chi connectivity index (χ0) is 22.5. The number of carbonyl (C=O) groups excluding carboxylic acids is 1. The van der Waals surface area contributed by atoms with Gasteiger partial charge in [-0.05, 0) is 55.5 Å². The molecule has 0 saturated heterocycles. The SMILES string of the molecule is CCCCN1CCc2cc(C[C@@H](C)NCCOc3ccc4c(c3)OCO4)cc(C(N)=O)c21. The highest BCUT2D eigenvalue weighted by Crippen LogP contribution is 2.35. The molecule has 2 aliphatic rings. The first-order valence-corrected chi connectivity index (χ1v) is 11.5. The highest BCUT2D eigenvalue weighted by atomic mass is 16.7. The van der Waals surface area contributed by atoms with E-state index in [0.717, 1.165) is 67.3 Å². The van der Waals surface area contributed by atoms with Gasteiger partial charge in [0, 0.05) is 31.7 Å². The summed E-state index contributed by atoms with van der Waals surface area (Å²) in [5.41, 5.74) is 9.84. The number of hydrogen-bond donors (Lipinski definition) is 2. The number of unbranched alkanes of at least 4 members (excludes halogenated alkanes) is 1. The summed E-state index contributed by atoms with van der Waals surface area (Å²) in [6, 6.07) is 10.1. The number of amides is 1. The number of fused-ring (bicyclic) bond motifs is 2. The molecule has 1 amide bonds. The molecule has 0 aromatic heterocycles. The fourth-order valence-corrected chi connectivity index (χ4v) is 4.44. The predicted molar refractivity (Wildman–Crippen MR) is 125 cm³/mol. The molecular weight excluding hydrogens is 406 g/mol. The summed E-state index contributed by atoms with van der Waals surface area (Å²) in [6.07, 6.45) is 4.05. The minimum atomic E-state index is -0.343. The lowest BCUT2D eigenvalue weighted by molar-refractivity contribution is 0.100. The number of benzene rings is 2. The van der Waals surface area contributed by atoms with Crippen molar-refractivity contribution in [3.05, 3.63) is 47.0 Å². The van der Waals surface area contributed by atoms with E-state index in [1.807, 2.05) is 24.3 Å². The van der Waals surface area contributed by atoms with Gasteiger partial charge in [0.25, 0.3) is 5.91 Å². The number of primary amides is 1. The van der Waals surface area contributed by atoms with Crippen LogP contribution in [-0.4, -0.2) is 45.0 Å². The van der Waals surface area contributed by atoms with Gasteiger partial charge in [-0.25, -0.2) is 0 Å². The fourth-order valence-electron chi connectivity index (χ4n) is 4.44. The summed E-state index contributed by atoms with van der Waals surface area (Å²) in [6.45, 7) is 7.79. The number of carbonyl (C=O) groups is 1. The lowest BCUT2D eigenvalue weighted by Gasteiger charge is -2.22. The Bertz CT molecular complexity index is 962. The summed E-state index contributed by atoms with van der Waals surface area (Å²) < 4.78 is 16.5. The zero-order valence-corrected chi connectivity index (χ0v) is 19.0. The minimum Gasteiger partial charge on any atom is -0.492 e. The molecule has 2 aromatic rings. The molecule has 2 aromatic carbocycles. The van der Waals surface area contributed by atoms with Gasteiger partial charge in [-0.15, -0.1) is 0 Å².